The fourth-order valence-corrected chi connectivity index (χ4v) is 2.13. The van der Waals surface area contributed by atoms with E-state index in [0.717, 1.165) is 5.56 Å². The maximum absolute atomic E-state index is 11.9. The van der Waals surface area contributed by atoms with Crippen LogP contribution in [0.4, 0.5) is 18.0 Å². The number of carbonyl (C=O) groups is 2. The van der Waals surface area contributed by atoms with Gasteiger partial charge in [-0.3, -0.25) is 4.79 Å². The van der Waals surface area contributed by atoms with E-state index < -0.39 is 31.2 Å². The van der Waals surface area contributed by atoms with Crippen molar-refractivity contribution in [3.8, 4) is 0 Å². The minimum atomic E-state index is -4.49. The molecule has 128 valence electrons. The van der Waals surface area contributed by atoms with Gasteiger partial charge in [0.25, 0.3) is 0 Å². The van der Waals surface area contributed by atoms with Gasteiger partial charge in [0.15, 0.2) is 0 Å². The lowest BCUT2D eigenvalue weighted by Crippen LogP contribution is -2.44. The Bertz CT molecular complexity index is 548. The van der Waals surface area contributed by atoms with E-state index in [9.17, 15) is 22.8 Å². The number of carbonyl (C=O) groups excluding carboxylic acids is 2. The molecule has 0 unspecified atom stereocenters. The Labute approximate surface area is 140 Å². The van der Waals surface area contributed by atoms with Crippen LogP contribution < -0.4 is 16.0 Å². The van der Waals surface area contributed by atoms with Gasteiger partial charge in [0.2, 0.25) is 5.91 Å². The second-order valence-electron chi connectivity index (χ2n) is 4.53. The molecule has 3 N–H and O–H groups in total. The van der Waals surface area contributed by atoms with E-state index in [-0.39, 0.29) is 6.54 Å². The van der Waals surface area contributed by atoms with Gasteiger partial charge in [-0.2, -0.15) is 13.2 Å². The van der Waals surface area contributed by atoms with Crippen molar-refractivity contribution in [2.24, 2.45) is 0 Å². The second-order valence-corrected chi connectivity index (χ2v) is 5.40. The number of alkyl halides is 3. The number of benzene rings is 1. The Kier molecular flexibility index (Phi) is 7.44. The van der Waals surface area contributed by atoms with Crippen LogP contribution in [0.25, 0.3) is 0 Å². The van der Waals surface area contributed by atoms with Gasteiger partial charge in [0.1, 0.15) is 6.54 Å². The van der Waals surface area contributed by atoms with Gasteiger partial charge >= 0.3 is 12.2 Å². The van der Waals surface area contributed by atoms with Crippen molar-refractivity contribution in [1.29, 1.82) is 0 Å². The fraction of sp³-hybridized carbons (Fsp3) is 0.385. The lowest BCUT2D eigenvalue weighted by atomic mass is 10.1. The second kappa shape index (κ2) is 8.83. The molecule has 5 nitrogen and oxygen atoms in total. The molecule has 23 heavy (non-hydrogen) atoms. The maximum atomic E-state index is 11.9. The molecule has 10 heteroatoms. The maximum Gasteiger partial charge on any atom is 0.405 e. The lowest BCUT2D eigenvalue weighted by molar-refractivity contribution is -0.137. The number of urea groups is 1. The standard InChI is InChI=1S/C13H14Cl2F3N3O2/c14-9-3-8(4-10(15)5-9)1-2-19-12(23)20-6-11(22)21-7-13(16,17)18/h3-5H,1-2,6-7H2,(H,21,22)(H2,19,20,23). The summed E-state index contributed by atoms with van der Waals surface area (Å²) < 4.78 is 35.6. The van der Waals surface area contributed by atoms with Gasteiger partial charge in [-0.25, -0.2) is 4.79 Å². The van der Waals surface area contributed by atoms with E-state index in [0.29, 0.717) is 16.5 Å². The van der Waals surface area contributed by atoms with E-state index >= 15 is 0 Å². The first kappa shape index (κ1) is 19.4. The van der Waals surface area contributed by atoms with Crippen LogP contribution in [-0.2, 0) is 11.2 Å². The van der Waals surface area contributed by atoms with Gasteiger partial charge < -0.3 is 16.0 Å². The predicted molar refractivity (Wildman–Crippen MR) is 80.6 cm³/mol. The van der Waals surface area contributed by atoms with Crippen LogP contribution in [0.15, 0.2) is 18.2 Å². The molecule has 0 aliphatic rings. The van der Waals surface area contributed by atoms with Crippen molar-refractivity contribution in [2.45, 2.75) is 12.6 Å². The highest BCUT2D eigenvalue weighted by Gasteiger charge is 2.27. The summed E-state index contributed by atoms with van der Waals surface area (Å²) in [6.45, 7) is -1.75. The van der Waals surface area contributed by atoms with Gasteiger partial charge in [-0.15, -0.1) is 0 Å². The summed E-state index contributed by atoms with van der Waals surface area (Å²) in [6, 6.07) is 4.29. The number of nitrogens with one attached hydrogen (secondary N) is 3. The molecule has 0 atom stereocenters. The summed E-state index contributed by atoms with van der Waals surface area (Å²) >= 11 is 11.7. The van der Waals surface area contributed by atoms with Crippen LogP contribution in [0, 0.1) is 0 Å². The van der Waals surface area contributed by atoms with E-state index in [2.05, 4.69) is 10.6 Å². The molecule has 0 aliphatic carbocycles. The minimum Gasteiger partial charge on any atom is -0.345 e. The van der Waals surface area contributed by atoms with Crippen LogP contribution in [0.5, 0.6) is 0 Å². The average Bonchev–Trinajstić information content (AvgIpc) is 2.41. The molecular weight excluding hydrogens is 358 g/mol. The van der Waals surface area contributed by atoms with Crippen LogP contribution >= 0.6 is 23.2 Å². The van der Waals surface area contributed by atoms with E-state index in [1.165, 1.54) is 0 Å². The van der Waals surface area contributed by atoms with Gasteiger partial charge in [-0.1, -0.05) is 23.2 Å². The molecule has 0 saturated heterocycles. The third kappa shape index (κ3) is 9.14. The molecule has 1 aromatic rings. The van der Waals surface area contributed by atoms with Crippen LogP contribution in [0.2, 0.25) is 10.0 Å². The molecule has 3 amide bonds. The zero-order chi connectivity index (χ0) is 17.5. The molecule has 0 heterocycles. The molecule has 0 radical (unpaired) electrons. The van der Waals surface area contributed by atoms with Crippen LogP contribution in [0.1, 0.15) is 5.56 Å². The minimum absolute atomic E-state index is 0.243. The largest absolute Gasteiger partial charge is 0.405 e. The van der Waals surface area contributed by atoms with Crippen molar-refractivity contribution in [3.63, 3.8) is 0 Å². The molecule has 0 aromatic heterocycles. The van der Waals surface area contributed by atoms with Crippen molar-refractivity contribution in [3.05, 3.63) is 33.8 Å². The normalized spacial score (nSPS) is 11.0. The monoisotopic (exact) mass is 371 g/mol. The Balaban J connectivity index is 2.23. The van der Waals surface area contributed by atoms with E-state index in [1.54, 1.807) is 23.5 Å². The van der Waals surface area contributed by atoms with Crippen molar-refractivity contribution in [1.82, 2.24) is 16.0 Å². The highest BCUT2D eigenvalue weighted by atomic mass is 35.5. The van der Waals surface area contributed by atoms with Crippen molar-refractivity contribution >= 4 is 35.1 Å². The van der Waals surface area contributed by atoms with Crippen LogP contribution in [0.3, 0.4) is 0 Å². The molecule has 0 bridgehead atoms. The Hall–Kier alpha value is -1.67. The Morgan fingerprint density at radius 3 is 2.17 bits per heavy atom. The van der Waals surface area contributed by atoms with Gasteiger partial charge in [-0.05, 0) is 30.2 Å². The summed E-state index contributed by atoms with van der Waals surface area (Å²) in [5.74, 6) is -0.931. The summed E-state index contributed by atoms with van der Waals surface area (Å²) in [5, 5.41) is 7.18. The zero-order valence-electron chi connectivity index (χ0n) is 11.8. The highest BCUT2D eigenvalue weighted by Crippen LogP contribution is 2.19. The molecule has 0 spiro atoms. The van der Waals surface area contributed by atoms with Crippen molar-refractivity contribution < 1.29 is 22.8 Å². The number of hydrogen-bond acceptors (Lipinski definition) is 2. The molecule has 0 saturated carbocycles. The number of halogens is 5. The highest BCUT2D eigenvalue weighted by molar-refractivity contribution is 6.34. The summed E-state index contributed by atoms with van der Waals surface area (Å²) in [6.07, 6.45) is -4.04. The Morgan fingerprint density at radius 2 is 1.61 bits per heavy atom. The molecule has 1 aromatic carbocycles. The summed E-state index contributed by atoms with van der Waals surface area (Å²) in [4.78, 5) is 22.5. The van der Waals surface area contributed by atoms with Gasteiger partial charge in [0.05, 0.1) is 6.54 Å². The number of hydrogen-bond donors (Lipinski definition) is 3. The average molecular weight is 372 g/mol. The molecule has 1 rings (SSSR count). The first-order chi connectivity index (χ1) is 10.7. The third-order valence-electron chi connectivity index (χ3n) is 2.52. The lowest BCUT2D eigenvalue weighted by Gasteiger charge is -2.10. The smallest absolute Gasteiger partial charge is 0.345 e. The first-order valence-corrected chi connectivity index (χ1v) is 7.21. The van der Waals surface area contributed by atoms with Crippen molar-refractivity contribution in [2.75, 3.05) is 19.6 Å². The quantitative estimate of drug-likeness (QED) is 0.718. The number of amides is 3. The predicted octanol–water partition coefficient (Wildman–Crippen LogP) is 2.51. The van der Waals surface area contributed by atoms with E-state index in [4.69, 9.17) is 23.2 Å². The third-order valence-corrected chi connectivity index (χ3v) is 2.95. The molecular formula is C13H14Cl2F3N3O2. The fourth-order valence-electron chi connectivity index (χ4n) is 1.56. The van der Waals surface area contributed by atoms with E-state index in [1.807, 2.05) is 0 Å². The molecule has 0 aliphatic heterocycles. The molecule has 0 fully saturated rings. The van der Waals surface area contributed by atoms with Crippen LogP contribution in [-0.4, -0.2) is 37.7 Å². The Morgan fingerprint density at radius 1 is 1.00 bits per heavy atom. The first-order valence-electron chi connectivity index (χ1n) is 6.46. The summed E-state index contributed by atoms with van der Waals surface area (Å²) in [5.41, 5.74) is 0.811. The summed E-state index contributed by atoms with van der Waals surface area (Å²) in [7, 11) is 0. The number of rotatable bonds is 6. The topological polar surface area (TPSA) is 70.2 Å². The zero-order valence-corrected chi connectivity index (χ0v) is 13.3. The SMILES string of the molecule is O=C(CNC(=O)NCCc1cc(Cl)cc(Cl)c1)NCC(F)(F)F. The van der Waals surface area contributed by atoms with Gasteiger partial charge in [0, 0.05) is 16.6 Å².